The first-order valence-electron chi connectivity index (χ1n) is 21.3. The fraction of sp³-hybridized carbons (Fsp3) is 0.644. The van der Waals surface area contributed by atoms with Gasteiger partial charge in [0.2, 0.25) is 0 Å². The van der Waals surface area contributed by atoms with Crippen LogP contribution in [0.15, 0.2) is 61.0 Å². The molecule has 0 atom stereocenters. The van der Waals surface area contributed by atoms with Gasteiger partial charge < -0.3 is 20.6 Å². The van der Waals surface area contributed by atoms with Crippen LogP contribution in [0, 0.1) is 23.7 Å². The van der Waals surface area contributed by atoms with Gasteiger partial charge in [0.05, 0.1) is 38.8 Å². The number of aliphatic carboxylic acids is 1. The molecule has 0 aromatic carbocycles. The Morgan fingerprint density at radius 1 is 0.661 bits per heavy atom. The third-order valence-electron chi connectivity index (χ3n) is 12.0. The number of carboxylic acid groups (broad SMARTS) is 1. The maximum Gasteiger partial charge on any atom is 0.306 e. The number of nitrogens with two attached hydrogens (primary N) is 1. The van der Waals surface area contributed by atoms with Gasteiger partial charge in [0.25, 0.3) is 0 Å². The smallest absolute Gasteiger partial charge is 0.306 e. The van der Waals surface area contributed by atoms with Crippen LogP contribution in [0.1, 0.15) is 111 Å². The molecule has 4 heterocycles. The fourth-order valence-electron chi connectivity index (χ4n) is 7.68. The third-order valence-corrected chi connectivity index (χ3v) is 17.5. The normalized spacial score (nSPS) is 22.7. The number of rotatable bonds is 10. The Morgan fingerprint density at radius 3 is 1.46 bits per heavy atom. The second-order valence-electron chi connectivity index (χ2n) is 18.6. The van der Waals surface area contributed by atoms with E-state index in [9.17, 15) is 26.4 Å². The molecule has 328 valence electrons. The summed E-state index contributed by atoms with van der Waals surface area (Å²) in [6.45, 7) is 14.3. The summed E-state index contributed by atoms with van der Waals surface area (Å²) in [6.07, 6.45) is 20.7. The zero-order chi connectivity index (χ0) is 43.4. The van der Waals surface area contributed by atoms with Crippen molar-refractivity contribution in [3.05, 3.63) is 66.5 Å². The van der Waals surface area contributed by atoms with Gasteiger partial charge in [0, 0.05) is 44.7 Å². The minimum Gasteiger partial charge on any atom is -0.481 e. The molecule has 2 aliphatic carbocycles. The molecule has 2 fully saturated rings. The van der Waals surface area contributed by atoms with E-state index in [1.165, 1.54) is 0 Å². The maximum atomic E-state index is 12.7. The van der Waals surface area contributed by atoms with Crippen LogP contribution in [-0.4, -0.2) is 90.8 Å². The van der Waals surface area contributed by atoms with Crippen LogP contribution in [0.4, 0.5) is 17.3 Å². The highest BCUT2D eigenvalue weighted by molar-refractivity contribution is 7.93. The van der Waals surface area contributed by atoms with Gasteiger partial charge in [-0.3, -0.25) is 9.59 Å². The topological polar surface area (TPSA) is 181 Å². The van der Waals surface area contributed by atoms with Crippen LogP contribution >= 0.6 is 0 Å². The number of hydrogen-bond acceptors (Lipinski definition) is 11. The summed E-state index contributed by atoms with van der Waals surface area (Å²) in [4.78, 5) is 36.8. The van der Waals surface area contributed by atoms with Crippen molar-refractivity contribution in [3.8, 4) is 0 Å². The summed E-state index contributed by atoms with van der Waals surface area (Å²) in [6, 6.07) is 7.88. The van der Waals surface area contributed by atoms with Gasteiger partial charge in [-0.15, -0.1) is 0 Å². The molecule has 14 heteroatoms. The molecule has 2 aromatic rings. The number of carbonyl (C=O) groups excluding carboxylic acids is 1. The molecule has 59 heavy (non-hydrogen) atoms. The van der Waals surface area contributed by atoms with Crippen molar-refractivity contribution >= 4 is 48.8 Å². The van der Waals surface area contributed by atoms with Gasteiger partial charge in [-0.05, 0) is 141 Å². The van der Waals surface area contributed by atoms with Gasteiger partial charge >= 0.3 is 5.97 Å². The number of ketones is 1. The number of nitrogens with zero attached hydrogens (tertiary/aromatic N) is 4. The van der Waals surface area contributed by atoms with Gasteiger partial charge in [-0.1, -0.05) is 30.4 Å². The molecular weight excluding hydrogens is 787 g/mol. The van der Waals surface area contributed by atoms with Crippen LogP contribution in [0.25, 0.3) is 0 Å². The molecule has 3 N–H and O–H groups in total. The summed E-state index contributed by atoms with van der Waals surface area (Å²) in [5, 5.41) is 8.87. The monoisotopic (exact) mass is 855 g/mol. The first kappa shape index (κ1) is 47.9. The highest BCUT2D eigenvalue weighted by Crippen LogP contribution is 2.34. The van der Waals surface area contributed by atoms with Gasteiger partial charge in [-0.25, -0.2) is 26.8 Å². The van der Waals surface area contributed by atoms with Crippen molar-refractivity contribution in [1.82, 2.24) is 9.97 Å². The van der Waals surface area contributed by atoms with Crippen LogP contribution in [0.3, 0.4) is 0 Å². The standard InChI is InChI=1S/C23H34N2O3S.C12H22O4S.C10H13N3/c1-23(2,3)29(27,28)17-18-7-10-20(11-8-18)21(26)15-19-9-12-22(24-16-19)25-13-5-4-6-14-25;1-12(2,3)17(15,16)8-9-4-6-10(7-5-9)11(13)14;11-9-4-5-10(12-8-9)13-6-2-1-3-7-13/h4-5,9,12,16,18,20H,6-8,10-11,13-15,17H2,1-3H3;9-10H,4-8H2,1-3H3,(H,13,14);1-2,4-5,8H,3,6-7,11H2. The summed E-state index contributed by atoms with van der Waals surface area (Å²) in [7, 11) is -6.18. The third kappa shape index (κ3) is 14.7. The van der Waals surface area contributed by atoms with E-state index in [1.54, 1.807) is 47.7 Å². The second-order valence-corrected chi connectivity index (χ2v) is 24.2. The van der Waals surface area contributed by atoms with Crippen molar-refractivity contribution in [2.24, 2.45) is 23.7 Å². The first-order valence-corrected chi connectivity index (χ1v) is 24.6. The van der Waals surface area contributed by atoms with E-state index in [2.05, 4.69) is 44.1 Å². The number of aromatic nitrogens is 2. The molecule has 2 saturated carbocycles. The van der Waals surface area contributed by atoms with Crippen LogP contribution < -0.4 is 15.5 Å². The summed E-state index contributed by atoms with van der Waals surface area (Å²) in [5.41, 5.74) is 7.24. The van der Waals surface area contributed by atoms with E-state index >= 15 is 0 Å². The van der Waals surface area contributed by atoms with Crippen LogP contribution in [0.2, 0.25) is 0 Å². The van der Waals surface area contributed by atoms with E-state index < -0.39 is 35.1 Å². The summed E-state index contributed by atoms with van der Waals surface area (Å²) < 4.78 is 47.5. The molecule has 6 rings (SSSR count). The molecule has 0 amide bonds. The fourth-order valence-corrected chi connectivity index (χ4v) is 10.6. The predicted molar refractivity (Wildman–Crippen MR) is 239 cm³/mol. The molecule has 2 aliphatic heterocycles. The lowest BCUT2D eigenvalue weighted by atomic mass is 9.79. The Kier molecular flexibility index (Phi) is 17.2. The van der Waals surface area contributed by atoms with E-state index in [1.807, 2.05) is 30.5 Å². The summed E-state index contributed by atoms with van der Waals surface area (Å²) in [5.74, 6) is 2.03. The van der Waals surface area contributed by atoms with Gasteiger partial charge in [0.15, 0.2) is 19.7 Å². The highest BCUT2D eigenvalue weighted by atomic mass is 32.2. The van der Waals surface area contributed by atoms with Crippen molar-refractivity contribution in [2.75, 3.05) is 53.2 Å². The minimum absolute atomic E-state index is 0.0514. The maximum absolute atomic E-state index is 12.7. The van der Waals surface area contributed by atoms with E-state index in [0.717, 1.165) is 87.6 Å². The number of carboxylic acids is 1. The Labute approximate surface area is 354 Å². The second kappa shape index (κ2) is 21.1. The van der Waals surface area contributed by atoms with Crippen LogP contribution in [0.5, 0.6) is 0 Å². The van der Waals surface area contributed by atoms with E-state index in [4.69, 9.17) is 10.8 Å². The lowest BCUT2D eigenvalue weighted by Crippen LogP contribution is -2.35. The molecule has 0 unspecified atom stereocenters. The van der Waals surface area contributed by atoms with Crippen molar-refractivity contribution in [1.29, 1.82) is 0 Å². The predicted octanol–water partition coefficient (Wildman–Crippen LogP) is 7.50. The molecule has 12 nitrogen and oxygen atoms in total. The highest BCUT2D eigenvalue weighted by Gasteiger charge is 2.36. The molecule has 0 radical (unpaired) electrons. The minimum atomic E-state index is -3.10. The van der Waals surface area contributed by atoms with Crippen molar-refractivity contribution < 1.29 is 31.5 Å². The number of carbonyl (C=O) groups is 2. The van der Waals surface area contributed by atoms with Crippen molar-refractivity contribution in [3.63, 3.8) is 0 Å². The van der Waals surface area contributed by atoms with Crippen molar-refractivity contribution in [2.45, 2.75) is 122 Å². The molecule has 0 spiro atoms. The molecule has 0 bridgehead atoms. The molecule has 0 saturated heterocycles. The number of hydrogen-bond donors (Lipinski definition) is 2. The zero-order valence-electron chi connectivity index (χ0n) is 36.2. The Balaban J connectivity index is 0.000000216. The van der Waals surface area contributed by atoms with Gasteiger partial charge in [0.1, 0.15) is 17.4 Å². The number of anilines is 3. The van der Waals surface area contributed by atoms with E-state index in [-0.39, 0.29) is 41.0 Å². The number of pyridine rings is 2. The Morgan fingerprint density at radius 2 is 1.10 bits per heavy atom. The average Bonchev–Trinajstić information content (AvgIpc) is 3.19. The van der Waals surface area contributed by atoms with Crippen LogP contribution in [-0.2, 0) is 35.7 Å². The number of Topliss-reactive ketones (excluding diaryl/α,β-unsaturated/α-hetero) is 1. The lowest BCUT2D eigenvalue weighted by molar-refractivity contribution is -0.143. The molecular formula is C45H69N5O7S2. The first-order chi connectivity index (χ1) is 27.6. The van der Waals surface area contributed by atoms with Gasteiger partial charge in [-0.2, -0.15) is 0 Å². The quantitative estimate of drug-likeness (QED) is 0.225. The SMILES string of the molecule is CC(C)(C)S(=O)(=O)CC1CCC(C(=O)Cc2ccc(N3CC=CCC3)nc2)CC1.CC(C)(C)S(=O)(=O)CC1CCC(C(=O)O)CC1.Nc1ccc(N2CC=CCC2)nc1. The zero-order valence-corrected chi connectivity index (χ0v) is 37.8. The van der Waals surface area contributed by atoms with E-state index in [0.29, 0.717) is 32.1 Å². The largest absolute Gasteiger partial charge is 0.481 e. The Hall–Kier alpha value is -3.78. The lowest BCUT2D eigenvalue weighted by Gasteiger charge is -2.30. The average molecular weight is 856 g/mol. The number of nitrogen functional groups attached to an aromatic ring is 1. The summed E-state index contributed by atoms with van der Waals surface area (Å²) >= 11 is 0. The Bertz CT molecular complexity index is 1940. The molecule has 2 aromatic heterocycles. The number of sulfone groups is 2. The molecule has 4 aliphatic rings.